The highest BCUT2D eigenvalue weighted by molar-refractivity contribution is 6.22. The van der Waals surface area contributed by atoms with E-state index in [1.807, 2.05) is 0 Å². The number of methoxy groups -OCH3 is 2. The van der Waals surface area contributed by atoms with Gasteiger partial charge in [0, 0.05) is 6.07 Å². The predicted octanol–water partition coefficient (Wildman–Crippen LogP) is 1.99. The van der Waals surface area contributed by atoms with Crippen molar-refractivity contribution in [3.8, 4) is 23.0 Å². The Morgan fingerprint density at radius 3 is 2.33 bits per heavy atom. The second kappa shape index (κ2) is 7.66. The van der Waals surface area contributed by atoms with Crippen LogP contribution in [0.5, 0.6) is 11.5 Å². The number of aromatic nitrogens is 2. The van der Waals surface area contributed by atoms with Crippen molar-refractivity contribution in [2.75, 3.05) is 26.1 Å². The molecular weight excluding hydrogens is 392 g/mol. The number of anilines is 1. The van der Waals surface area contributed by atoms with Crippen LogP contribution in [-0.4, -0.2) is 53.6 Å². The molecule has 0 atom stereocenters. The average Bonchev–Trinajstić information content (AvgIpc) is 3.32. The summed E-state index contributed by atoms with van der Waals surface area (Å²) in [5.74, 6) is -0.557. The highest BCUT2D eigenvalue weighted by Crippen LogP contribution is 2.33. The van der Waals surface area contributed by atoms with Gasteiger partial charge in [0.05, 0.1) is 30.9 Å². The normalized spacial score (nSPS) is 12.7. The highest BCUT2D eigenvalue weighted by atomic mass is 16.5. The van der Waals surface area contributed by atoms with E-state index >= 15 is 0 Å². The topological polar surface area (TPSA) is 124 Å². The fourth-order valence-electron chi connectivity index (χ4n) is 3.04. The highest BCUT2D eigenvalue weighted by Gasteiger charge is 2.36. The molecular formula is C20H16N4O6. The predicted molar refractivity (Wildman–Crippen MR) is 103 cm³/mol. The van der Waals surface area contributed by atoms with Gasteiger partial charge in [-0.15, -0.1) is 5.10 Å². The maximum atomic E-state index is 12.4. The number of benzene rings is 2. The third-order valence-corrected chi connectivity index (χ3v) is 4.49. The van der Waals surface area contributed by atoms with Crippen LogP contribution in [0.3, 0.4) is 0 Å². The number of nitrogens with one attached hydrogen (secondary N) is 1. The molecule has 2 aromatic carbocycles. The van der Waals surface area contributed by atoms with Gasteiger partial charge in [0.15, 0.2) is 0 Å². The summed E-state index contributed by atoms with van der Waals surface area (Å²) < 4.78 is 15.9. The number of imide groups is 1. The summed E-state index contributed by atoms with van der Waals surface area (Å²) in [5, 5.41) is 10.1. The van der Waals surface area contributed by atoms with Gasteiger partial charge < -0.3 is 13.9 Å². The Hall–Kier alpha value is -4.21. The van der Waals surface area contributed by atoms with Crippen LogP contribution in [0.4, 0.5) is 6.01 Å². The Morgan fingerprint density at radius 2 is 1.70 bits per heavy atom. The summed E-state index contributed by atoms with van der Waals surface area (Å²) in [4.78, 5) is 37.9. The Bertz CT molecular complexity index is 1120. The van der Waals surface area contributed by atoms with Crippen LogP contribution in [-0.2, 0) is 4.79 Å². The first-order valence-corrected chi connectivity index (χ1v) is 8.82. The molecule has 0 unspecified atom stereocenters. The monoisotopic (exact) mass is 408 g/mol. The summed E-state index contributed by atoms with van der Waals surface area (Å²) in [6, 6.07) is 11.2. The fourth-order valence-corrected chi connectivity index (χ4v) is 3.04. The number of nitrogens with zero attached hydrogens (tertiary/aromatic N) is 3. The smallest absolute Gasteiger partial charge is 0.322 e. The van der Waals surface area contributed by atoms with E-state index in [0.717, 1.165) is 4.90 Å². The van der Waals surface area contributed by atoms with Gasteiger partial charge in [-0.2, -0.15) is 0 Å². The van der Waals surface area contributed by atoms with Gasteiger partial charge >= 0.3 is 6.01 Å². The molecule has 1 aromatic heterocycles. The molecule has 3 aromatic rings. The van der Waals surface area contributed by atoms with Gasteiger partial charge in [0.1, 0.15) is 18.0 Å². The van der Waals surface area contributed by atoms with E-state index < -0.39 is 24.3 Å². The lowest BCUT2D eigenvalue weighted by Crippen LogP contribution is -2.37. The minimum absolute atomic E-state index is 0.116. The maximum Gasteiger partial charge on any atom is 0.322 e. The molecule has 0 bridgehead atoms. The Balaban J connectivity index is 1.47. The van der Waals surface area contributed by atoms with E-state index in [9.17, 15) is 14.4 Å². The van der Waals surface area contributed by atoms with Crippen molar-refractivity contribution in [3.05, 3.63) is 53.6 Å². The number of rotatable bonds is 6. The van der Waals surface area contributed by atoms with Gasteiger partial charge in [-0.1, -0.05) is 17.2 Å². The average molecular weight is 408 g/mol. The third-order valence-electron chi connectivity index (χ3n) is 4.49. The van der Waals surface area contributed by atoms with Crippen molar-refractivity contribution in [1.29, 1.82) is 0 Å². The fraction of sp³-hybridized carbons (Fsp3) is 0.150. The summed E-state index contributed by atoms with van der Waals surface area (Å²) in [6.07, 6.45) is 0. The number of fused-ring (bicyclic) bond motifs is 1. The molecule has 3 amide bonds. The molecule has 1 aliphatic rings. The first-order chi connectivity index (χ1) is 14.5. The molecule has 0 saturated heterocycles. The number of ether oxygens (including phenoxy) is 2. The van der Waals surface area contributed by atoms with E-state index in [-0.39, 0.29) is 23.0 Å². The Labute approximate surface area is 170 Å². The molecule has 1 aliphatic heterocycles. The van der Waals surface area contributed by atoms with Crippen molar-refractivity contribution in [2.45, 2.75) is 0 Å². The van der Waals surface area contributed by atoms with Crippen molar-refractivity contribution in [2.24, 2.45) is 0 Å². The molecule has 0 spiro atoms. The van der Waals surface area contributed by atoms with Crippen molar-refractivity contribution in [1.82, 2.24) is 15.1 Å². The van der Waals surface area contributed by atoms with Gasteiger partial charge in [-0.3, -0.25) is 24.6 Å². The van der Waals surface area contributed by atoms with E-state index in [1.165, 1.54) is 14.2 Å². The van der Waals surface area contributed by atoms with Crippen LogP contribution in [0.25, 0.3) is 11.5 Å². The molecule has 2 heterocycles. The number of amides is 3. The summed E-state index contributed by atoms with van der Waals surface area (Å²) in [5.41, 5.74) is 1.04. The van der Waals surface area contributed by atoms with Crippen LogP contribution < -0.4 is 14.8 Å². The lowest BCUT2D eigenvalue weighted by atomic mass is 10.1. The van der Waals surface area contributed by atoms with E-state index in [2.05, 4.69) is 15.5 Å². The number of hydrogen-bond acceptors (Lipinski definition) is 8. The molecule has 1 N–H and O–H groups in total. The largest absolute Gasteiger partial charge is 0.497 e. The van der Waals surface area contributed by atoms with Crippen molar-refractivity contribution in [3.63, 3.8) is 0 Å². The molecule has 30 heavy (non-hydrogen) atoms. The number of carbonyl (C=O) groups is 3. The molecule has 10 nitrogen and oxygen atoms in total. The minimum Gasteiger partial charge on any atom is -0.497 e. The van der Waals surface area contributed by atoms with Gasteiger partial charge in [-0.25, -0.2) is 0 Å². The molecule has 0 saturated carbocycles. The lowest BCUT2D eigenvalue weighted by Gasteiger charge is -2.12. The molecule has 10 heteroatoms. The second-order valence-electron chi connectivity index (χ2n) is 6.27. The first-order valence-electron chi connectivity index (χ1n) is 8.82. The minimum atomic E-state index is -0.651. The van der Waals surface area contributed by atoms with E-state index in [4.69, 9.17) is 13.9 Å². The quantitative estimate of drug-likeness (QED) is 0.614. The maximum absolute atomic E-state index is 12.4. The number of carbonyl (C=O) groups excluding carboxylic acids is 3. The molecule has 0 aliphatic carbocycles. The third kappa shape index (κ3) is 3.34. The molecule has 0 radical (unpaired) electrons. The number of hydrogen-bond donors (Lipinski definition) is 1. The van der Waals surface area contributed by atoms with E-state index in [0.29, 0.717) is 17.1 Å². The summed E-state index contributed by atoms with van der Waals surface area (Å²) in [7, 11) is 3.02. The van der Waals surface area contributed by atoms with Crippen molar-refractivity contribution < 1.29 is 28.3 Å². The van der Waals surface area contributed by atoms with Gasteiger partial charge in [0.2, 0.25) is 5.91 Å². The Kier molecular flexibility index (Phi) is 4.88. The standard InChI is InChI=1S/C20H16N4O6/c1-28-11-7-8-14(15(9-11)29-2)17-22-23-20(30-17)21-16(25)10-24-18(26)12-5-3-4-6-13(12)19(24)27/h3-9H,10H2,1-2H3,(H,21,23,25). The summed E-state index contributed by atoms with van der Waals surface area (Å²) >= 11 is 0. The van der Waals surface area contributed by atoms with Crippen LogP contribution in [0, 0.1) is 0 Å². The van der Waals surface area contributed by atoms with Crippen LogP contribution >= 0.6 is 0 Å². The van der Waals surface area contributed by atoms with Crippen molar-refractivity contribution >= 4 is 23.7 Å². The zero-order chi connectivity index (χ0) is 21.3. The molecule has 0 fully saturated rings. The zero-order valence-electron chi connectivity index (χ0n) is 16.0. The second-order valence-corrected chi connectivity index (χ2v) is 6.27. The SMILES string of the molecule is COc1ccc(-c2nnc(NC(=O)CN3C(=O)c4ccccc4C3=O)o2)c(OC)c1. The van der Waals surface area contributed by atoms with Gasteiger partial charge in [0.25, 0.3) is 17.7 Å². The molecule has 152 valence electrons. The zero-order valence-corrected chi connectivity index (χ0v) is 16.0. The van der Waals surface area contributed by atoms with Crippen LogP contribution in [0.2, 0.25) is 0 Å². The first kappa shape index (κ1) is 19.1. The molecule has 4 rings (SSSR count). The Morgan fingerprint density at radius 1 is 1.00 bits per heavy atom. The lowest BCUT2D eigenvalue weighted by molar-refractivity contribution is -0.116. The van der Waals surface area contributed by atoms with Crippen LogP contribution in [0.15, 0.2) is 46.9 Å². The van der Waals surface area contributed by atoms with Crippen LogP contribution in [0.1, 0.15) is 20.7 Å². The summed E-state index contributed by atoms with van der Waals surface area (Å²) in [6.45, 7) is -0.476. The van der Waals surface area contributed by atoms with E-state index in [1.54, 1.807) is 42.5 Å². The van der Waals surface area contributed by atoms with Gasteiger partial charge in [-0.05, 0) is 24.3 Å².